The van der Waals surface area contributed by atoms with Gasteiger partial charge in [0.2, 0.25) is 5.91 Å². The van der Waals surface area contributed by atoms with Crippen molar-refractivity contribution in [1.82, 2.24) is 15.3 Å². The molecule has 1 N–H and O–H groups in total. The van der Waals surface area contributed by atoms with Gasteiger partial charge in [0.15, 0.2) is 0 Å². The first-order valence-electron chi connectivity index (χ1n) is 9.63. The van der Waals surface area contributed by atoms with Crippen LogP contribution in [0.15, 0.2) is 95.5 Å². The number of thiazole rings is 1. The molecule has 4 rings (SSSR count). The molecule has 0 fully saturated rings. The second-order valence-corrected chi connectivity index (χ2v) is 8.83. The van der Waals surface area contributed by atoms with E-state index in [1.807, 2.05) is 85.1 Å². The van der Waals surface area contributed by atoms with Crippen LogP contribution in [-0.4, -0.2) is 15.9 Å². The van der Waals surface area contributed by atoms with Crippen LogP contribution >= 0.6 is 23.1 Å². The molecule has 4 nitrogen and oxygen atoms in total. The van der Waals surface area contributed by atoms with Crippen LogP contribution in [0.2, 0.25) is 0 Å². The number of benzene rings is 2. The Morgan fingerprint density at radius 3 is 2.33 bits per heavy atom. The number of rotatable bonds is 7. The molecule has 0 radical (unpaired) electrons. The van der Waals surface area contributed by atoms with E-state index < -0.39 is 0 Å². The van der Waals surface area contributed by atoms with Crippen LogP contribution in [-0.2, 0) is 4.79 Å². The van der Waals surface area contributed by atoms with Crippen LogP contribution in [0.4, 0.5) is 0 Å². The van der Waals surface area contributed by atoms with Crippen LogP contribution < -0.4 is 5.32 Å². The Bertz CT molecular complexity index is 1090. The molecule has 6 heteroatoms. The van der Waals surface area contributed by atoms with Gasteiger partial charge in [-0.2, -0.15) is 0 Å². The van der Waals surface area contributed by atoms with Crippen molar-refractivity contribution >= 4 is 29.0 Å². The van der Waals surface area contributed by atoms with Crippen molar-refractivity contribution in [1.29, 1.82) is 0 Å². The van der Waals surface area contributed by atoms with Crippen molar-refractivity contribution in [2.45, 2.75) is 23.1 Å². The van der Waals surface area contributed by atoms with Crippen LogP contribution in [0.3, 0.4) is 0 Å². The first kappa shape index (κ1) is 20.3. The van der Waals surface area contributed by atoms with Gasteiger partial charge < -0.3 is 5.32 Å². The van der Waals surface area contributed by atoms with Crippen LogP contribution in [0.1, 0.15) is 28.8 Å². The number of nitrogens with one attached hydrogen (secondary N) is 1. The molecule has 150 valence electrons. The maximum absolute atomic E-state index is 13.2. The third-order valence-electron chi connectivity index (χ3n) is 4.56. The molecule has 2 heterocycles. The van der Waals surface area contributed by atoms with Crippen LogP contribution in [0, 0.1) is 0 Å². The summed E-state index contributed by atoms with van der Waals surface area (Å²) in [4.78, 5) is 23.1. The third-order valence-corrected chi connectivity index (χ3v) is 6.86. The molecule has 4 aromatic rings. The zero-order valence-corrected chi connectivity index (χ0v) is 18.1. The highest BCUT2D eigenvalue weighted by Crippen LogP contribution is 2.36. The van der Waals surface area contributed by atoms with E-state index in [1.54, 1.807) is 35.5 Å². The zero-order chi connectivity index (χ0) is 20.8. The summed E-state index contributed by atoms with van der Waals surface area (Å²) in [6.45, 7) is 1.97. The Labute approximate surface area is 184 Å². The number of carbonyl (C=O) groups excluding carboxylic acids is 1. The zero-order valence-electron chi connectivity index (χ0n) is 16.4. The Kier molecular flexibility index (Phi) is 6.57. The predicted molar refractivity (Wildman–Crippen MR) is 123 cm³/mol. The van der Waals surface area contributed by atoms with Crippen LogP contribution in [0.25, 0.3) is 11.3 Å². The number of pyridine rings is 1. The molecule has 2 atom stereocenters. The van der Waals surface area contributed by atoms with Crippen molar-refractivity contribution in [3.8, 4) is 11.3 Å². The molecule has 30 heavy (non-hydrogen) atoms. The lowest BCUT2D eigenvalue weighted by atomic mass is 10.1. The summed E-state index contributed by atoms with van der Waals surface area (Å²) in [5.74, 6) is -0.0248. The standard InChI is InChI=1S/C24H21N3OS2/c1-17(24-27-21(16-29-24)18-12-14-25-15-13-18)26-23(28)22(19-8-4-2-5-9-19)30-20-10-6-3-7-11-20/h2-17,22H,1H3,(H,26,28). The molecule has 2 aromatic carbocycles. The van der Waals surface area contributed by atoms with E-state index in [1.165, 1.54) is 0 Å². The lowest BCUT2D eigenvalue weighted by Crippen LogP contribution is -2.30. The normalized spacial score (nSPS) is 12.8. The summed E-state index contributed by atoms with van der Waals surface area (Å²) in [7, 11) is 0. The lowest BCUT2D eigenvalue weighted by molar-refractivity contribution is -0.121. The van der Waals surface area contributed by atoms with E-state index in [2.05, 4.69) is 10.3 Å². The van der Waals surface area contributed by atoms with Gasteiger partial charge in [-0.1, -0.05) is 48.5 Å². The van der Waals surface area contributed by atoms with Gasteiger partial charge in [-0.05, 0) is 36.8 Å². The molecule has 0 aliphatic carbocycles. The topological polar surface area (TPSA) is 54.9 Å². The summed E-state index contributed by atoms with van der Waals surface area (Å²) in [5.41, 5.74) is 2.90. The van der Waals surface area contributed by atoms with Crippen molar-refractivity contribution < 1.29 is 4.79 Å². The van der Waals surface area contributed by atoms with E-state index in [0.29, 0.717) is 0 Å². The molecule has 2 aromatic heterocycles. The number of amides is 1. The number of thioether (sulfide) groups is 1. The number of hydrogen-bond donors (Lipinski definition) is 1. The molecular formula is C24H21N3OS2. The van der Waals surface area contributed by atoms with E-state index in [0.717, 1.165) is 26.7 Å². The summed E-state index contributed by atoms with van der Waals surface area (Å²) in [6.07, 6.45) is 3.51. The van der Waals surface area contributed by atoms with Gasteiger partial charge in [0, 0.05) is 28.2 Å². The fourth-order valence-electron chi connectivity index (χ4n) is 3.03. The quantitative estimate of drug-likeness (QED) is 0.369. The fourth-order valence-corrected chi connectivity index (χ4v) is 4.92. The van der Waals surface area contributed by atoms with Gasteiger partial charge in [0.1, 0.15) is 10.3 Å². The predicted octanol–water partition coefficient (Wildman–Crippen LogP) is 5.92. The van der Waals surface area contributed by atoms with E-state index >= 15 is 0 Å². The lowest BCUT2D eigenvalue weighted by Gasteiger charge is -2.19. The van der Waals surface area contributed by atoms with Gasteiger partial charge in [-0.25, -0.2) is 4.98 Å². The van der Waals surface area contributed by atoms with Crippen molar-refractivity contribution in [3.05, 3.63) is 101 Å². The van der Waals surface area contributed by atoms with Gasteiger partial charge in [-0.15, -0.1) is 23.1 Å². The van der Waals surface area contributed by atoms with Crippen molar-refractivity contribution in [3.63, 3.8) is 0 Å². The first-order valence-corrected chi connectivity index (χ1v) is 11.4. The summed E-state index contributed by atoms with van der Waals surface area (Å²) >= 11 is 3.11. The molecular weight excluding hydrogens is 410 g/mol. The highest BCUT2D eigenvalue weighted by atomic mass is 32.2. The molecule has 0 aliphatic heterocycles. The molecule has 0 aliphatic rings. The van der Waals surface area contributed by atoms with Crippen molar-refractivity contribution in [2.75, 3.05) is 0 Å². The Morgan fingerprint density at radius 2 is 1.63 bits per heavy atom. The van der Waals surface area contributed by atoms with Gasteiger partial charge in [0.25, 0.3) is 0 Å². The Hall–Kier alpha value is -2.96. The Morgan fingerprint density at radius 1 is 0.967 bits per heavy atom. The maximum atomic E-state index is 13.2. The smallest absolute Gasteiger partial charge is 0.238 e. The van der Waals surface area contributed by atoms with E-state index in [4.69, 9.17) is 4.98 Å². The SMILES string of the molecule is CC(NC(=O)C(Sc1ccccc1)c1ccccc1)c1nc(-c2ccncc2)cs1. The first-order chi connectivity index (χ1) is 14.7. The van der Waals surface area contributed by atoms with Crippen molar-refractivity contribution in [2.24, 2.45) is 0 Å². The fraction of sp³-hybridized carbons (Fsp3) is 0.125. The van der Waals surface area contributed by atoms with Gasteiger partial charge in [-0.3, -0.25) is 9.78 Å². The van der Waals surface area contributed by atoms with Gasteiger partial charge in [0.05, 0.1) is 11.7 Å². The van der Waals surface area contributed by atoms with E-state index in [-0.39, 0.29) is 17.2 Å². The summed E-state index contributed by atoms with van der Waals surface area (Å²) in [6, 6.07) is 23.6. The average Bonchev–Trinajstić information content (AvgIpc) is 3.30. The molecule has 0 saturated heterocycles. The second-order valence-electron chi connectivity index (χ2n) is 6.76. The highest BCUT2D eigenvalue weighted by Gasteiger charge is 2.24. The number of nitrogens with zero attached hydrogens (tertiary/aromatic N) is 2. The minimum atomic E-state index is -0.337. The van der Waals surface area contributed by atoms with Crippen LogP contribution in [0.5, 0.6) is 0 Å². The average molecular weight is 432 g/mol. The third kappa shape index (κ3) is 4.96. The summed E-state index contributed by atoms with van der Waals surface area (Å²) in [5, 5.41) is 5.71. The highest BCUT2D eigenvalue weighted by molar-refractivity contribution is 8.00. The monoisotopic (exact) mass is 431 g/mol. The molecule has 0 saturated carbocycles. The molecule has 1 amide bonds. The maximum Gasteiger partial charge on any atom is 0.238 e. The molecule has 2 unspecified atom stereocenters. The van der Waals surface area contributed by atoms with Gasteiger partial charge >= 0.3 is 0 Å². The van der Waals surface area contributed by atoms with E-state index in [9.17, 15) is 4.79 Å². The number of aromatic nitrogens is 2. The number of carbonyl (C=O) groups is 1. The number of hydrogen-bond acceptors (Lipinski definition) is 5. The second kappa shape index (κ2) is 9.69. The minimum Gasteiger partial charge on any atom is -0.346 e. The Balaban J connectivity index is 1.51. The largest absolute Gasteiger partial charge is 0.346 e. The minimum absolute atomic E-state index is 0.0248. The summed E-state index contributed by atoms with van der Waals surface area (Å²) < 4.78 is 0. The molecule has 0 spiro atoms. The molecule has 0 bridgehead atoms.